The lowest BCUT2D eigenvalue weighted by atomic mass is 10.1. The number of aromatic nitrogens is 2. The molecule has 2 aromatic heterocycles. The Morgan fingerprint density at radius 3 is 2.88 bits per heavy atom. The summed E-state index contributed by atoms with van der Waals surface area (Å²) in [5, 5.41) is 6.48. The molecule has 0 bridgehead atoms. The summed E-state index contributed by atoms with van der Waals surface area (Å²) in [4.78, 5) is 33.2. The van der Waals surface area contributed by atoms with Gasteiger partial charge in [-0.2, -0.15) is 0 Å². The molecule has 3 rings (SSSR count). The van der Waals surface area contributed by atoms with E-state index in [0.29, 0.717) is 35.9 Å². The summed E-state index contributed by atoms with van der Waals surface area (Å²) in [6, 6.07) is 4.58. The summed E-state index contributed by atoms with van der Waals surface area (Å²) >= 11 is 0. The van der Waals surface area contributed by atoms with Crippen molar-refractivity contribution in [3.63, 3.8) is 0 Å². The first-order chi connectivity index (χ1) is 12.0. The molecule has 0 aliphatic carbocycles. The van der Waals surface area contributed by atoms with Gasteiger partial charge < -0.3 is 19.6 Å². The quantitative estimate of drug-likeness (QED) is 0.908. The minimum atomic E-state index is -0.528. The first-order valence-corrected chi connectivity index (χ1v) is 8.15. The Morgan fingerprint density at radius 2 is 2.20 bits per heavy atom. The van der Waals surface area contributed by atoms with Gasteiger partial charge in [0.1, 0.15) is 17.6 Å². The van der Waals surface area contributed by atoms with Crippen LogP contribution in [0.5, 0.6) is 0 Å². The number of hydrogen-bond acceptors (Lipinski definition) is 6. The maximum Gasteiger partial charge on any atom is 0.258 e. The molecule has 0 aromatic carbocycles. The number of amides is 2. The highest BCUT2D eigenvalue weighted by atomic mass is 16.5. The number of likely N-dealkylation sites (tertiary alicyclic amines) is 1. The number of aryl methyl sites for hydroxylation is 1. The van der Waals surface area contributed by atoms with Crippen LogP contribution in [0.1, 0.15) is 29.0 Å². The Hall–Kier alpha value is -2.90. The second-order valence-electron chi connectivity index (χ2n) is 6.24. The van der Waals surface area contributed by atoms with E-state index < -0.39 is 6.04 Å². The molecule has 2 aromatic rings. The molecular formula is C17H21N5O3. The summed E-state index contributed by atoms with van der Waals surface area (Å²) in [7, 11) is 3.67. The molecule has 1 fully saturated rings. The highest BCUT2D eigenvalue weighted by Crippen LogP contribution is 2.24. The molecule has 1 atom stereocenters. The smallest absolute Gasteiger partial charge is 0.258 e. The van der Waals surface area contributed by atoms with Crippen molar-refractivity contribution in [1.29, 1.82) is 0 Å². The van der Waals surface area contributed by atoms with Crippen molar-refractivity contribution in [2.24, 2.45) is 0 Å². The zero-order valence-corrected chi connectivity index (χ0v) is 14.5. The predicted molar refractivity (Wildman–Crippen MR) is 92.5 cm³/mol. The molecular weight excluding hydrogens is 322 g/mol. The number of pyridine rings is 1. The molecule has 0 radical (unpaired) electrons. The van der Waals surface area contributed by atoms with Gasteiger partial charge in [-0.15, -0.1) is 0 Å². The van der Waals surface area contributed by atoms with Crippen molar-refractivity contribution < 1.29 is 14.1 Å². The molecule has 3 heterocycles. The maximum absolute atomic E-state index is 13.0. The number of nitrogens with one attached hydrogen (secondary N) is 1. The summed E-state index contributed by atoms with van der Waals surface area (Å²) in [5.41, 5.74) is 0.490. The topological polar surface area (TPSA) is 91.6 Å². The molecule has 1 N–H and O–H groups in total. The average Bonchev–Trinajstić information content (AvgIpc) is 3.23. The largest absolute Gasteiger partial charge is 0.362 e. The fraction of sp³-hybridized carbons (Fsp3) is 0.412. The minimum Gasteiger partial charge on any atom is -0.362 e. The molecule has 132 valence electrons. The van der Waals surface area contributed by atoms with Crippen LogP contribution in [0.25, 0.3) is 0 Å². The number of anilines is 2. The molecule has 8 nitrogen and oxygen atoms in total. The van der Waals surface area contributed by atoms with E-state index in [1.807, 2.05) is 14.1 Å². The molecule has 0 saturated carbocycles. The molecule has 0 spiro atoms. The van der Waals surface area contributed by atoms with Crippen molar-refractivity contribution >= 4 is 23.5 Å². The first-order valence-electron chi connectivity index (χ1n) is 8.15. The molecule has 2 amide bonds. The van der Waals surface area contributed by atoms with Gasteiger partial charge in [-0.25, -0.2) is 4.98 Å². The third kappa shape index (κ3) is 3.47. The molecule has 0 unspecified atom stereocenters. The van der Waals surface area contributed by atoms with Crippen LogP contribution in [-0.2, 0) is 4.79 Å². The molecule has 1 aliphatic rings. The highest BCUT2D eigenvalue weighted by molar-refractivity contribution is 6.03. The Balaban J connectivity index is 1.79. The van der Waals surface area contributed by atoms with E-state index in [9.17, 15) is 9.59 Å². The number of nitrogens with zero attached hydrogens (tertiary/aromatic N) is 4. The Labute approximate surface area is 145 Å². The van der Waals surface area contributed by atoms with E-state index in [1.54, 1.807) is 41.1 Å². The summed E-state index contributed by atoms with van der Waals surface area (Å²) in [5.74, 6) is 1.11. The van der Waals surface area contributed by atoms with Crippen LogP contribution in [0.3, 0.4) is 0 Å². The third-order valence-corrected chi connectivity index (χ3v) is 4.14. The SMILES string of the molecule is Cc1cc(NC(=O)[C@H]2CCCN2C(=O)c2cccnc2N(C)C)no1. The Bertz CT molecular complexity index is 786. The summed E-state index contributed by atoms with van der Waals surface area (Å²) < 4.78 is 4.95. The number of rotatable bonds is 4. The van der Waals surface area contributed by atoms with E-state index >= 15 is 0 Å². The van der Waals surface area contributed by atoms with Gasteiger partial charge in [0.05, 0.1) is 5.56 Å². The van der Waals surface area contributed by atoms with E-state index in [2.05, 4.69) is 15.5 Å². The van der Waals surface area contributed by atoms with Gasteiger partial charge in [-0.3, -0.25) is 9.59 Å². The molecule has 1 aliphatic heterocycles. The standard InChI is InChI=1S/C17H21N5O3/c1-11-10-14(20-25-11)19-16(23)13-7-5-9-22(13)17(24)12-6-4-8-18-15(12)21(2)3/h4,6,8,10,13H,5,7,9H2,1-3H3,(H,19,20,23)/t13-/m1/s1. The summed E-state index contributed by atoms with van der Waals surface area (Å²) in [6.45, 7) is 2.29. The normalized spacial score (nSPS) is 16.8. The number of carbonyl (C=O) groups is 2. The lowest BCUT2D eigenvalue weighted by Crippen LogP contribution is -2.43. The van der Waals surface area contributed by atoms with Gasteiger partial charge in [-0.05, 0) is 31.9 Å². The van der Waals surface area contributed by atoms with Crippen molar-refractivity contribution in [1.82, 2.24) is 15.0 Å². The van der Waals surface area contributed by atoms with Crippen molar-refractivity contribution in [3.8, 4) is 0 Å². The van der Waals surface area contributed by atoms with Crippen LogP contribution in [0.15, 0.2) is 28.9 Å². The van der Waals surface area contributed by atoms with Gasteiger partial charge in [0.25, 0.3) is 5.91 Å². The van der Waals surface area contributed by atoms with E-state index in [1.165, 1.54) is 0 Å². The third-order valence-electron chi connectivity index (χ3n) is 4.14. The van der Waals surface area contributed by atoms with Gasteiger partial charge in [0.15, 0.2) is 5.82 Å². The molecule has 1 saturated heterocycles. The van der Waals surface area contributed by atoms with Crippen LogP contribution < -0.4 is 10.2 Å². The highest BCUT2D eigenvalue weighted by Gasteiger charge is 2.36. The summed E-state index contributed by atoms with van der Waals surface area (Å²) in [6.07, 6.45) is 3.04. The van der Waals surface area contributed by atoms with Crippen LogP contribution >= 0.6 is 0 Å². The predicted octanol–water partition coefficient (Wildman–Crippen LogP) is 1.69. The minimum absolute atomic E-state index is 0.189. The number of hydrogen-bond donors (Lipinski definition) is 1. The van der Waals surface area contributed by atoms with E-state index in [0.717, 1.165) is 6.42 Å². The fourth-order valence-corrected chi connectivity index (χ4v) is 2.99. The van der Waals surface area contributed by atoms with Gasteiger partial charge in [-0.1, -0.05) is 5.16 Å². The lowest BCUT2D eigenvalue weighted by molar-refractivity contribution is -0.119. The van der Waals surface area contributed by atoms with E-state index in [4.69, 9.17) is 4.52 Å². The fourth-order valence-electron chi connectivity index (χ4n) is 2.99. The van der Waals surface area contributed by atoms with Gasteiger partial charge >= 0.3 is 0 Å². The van der Waals surface area contributed by atoms with Gasteiger partial charge in [0, 0.05) is 32.9 Å². The molecule has 25 heavy (non-hydrogen) atoms. The van der Waals surface area contributed by atoms with E-state index in [-0.39, 0.29) is 11.8 Å². The Kier molecular flexibility index (Phi) is 4.69. The van der Waals surface area contributed by atoms with Crippen molar-refractivity contribution in [2.75, 3.05) is 30.9 Å². The van der Waals surface area contributed by atoms with Crippen LogP contribution in [0, 0.1) is 6.92 Å². The zero-order valence-electron chi connectivity index (χ0n) is 14.5. The first kappa shape index (κ1) is 16.9. The second kappa shape index (κ2) is 6.92. The van der Waals surface area contributed by atoms with Crippen molar-refractivity contribution in [3.05, 3.63) is 35.7 Å². The zero-order chi connectivity index (χ0) is 18.0. The van der Waals surface area contributed by atoms with Crippen molar-refractivity contribution in [2.45, 2.75) is 25.8 Å². The second-order valence-corrected chi connectivity index (χ2v) is 6.24. The van der Waals surface area contributed by atoms with Gasteiger partial charge in [0.2, 0.25) is 5.91 Å². The monoisotopic (exact) mass is 343 g/mol. The number of carbonyl (C=O) groups excluding carboxylic acids is 2. The lowest BCUT2D eigenvalue weighted by Gasteiger charge is -2.25. The maximum atomic E-state index is 13.0. The molecule has 8 heteroatoms. The average molecular weight is 343 g/mol. The Morgan fingerprint density at radius 1 is 1.40 bits per heavy atom. The van der Waals surface area contributed by atoms with Crippen LogP contribution in [-0.4, -0.2) is 53.5 Å². The van der Waals surface area contributed by atoms with Crippen LogP contribution in [0.2, 0.25) is 0 Å². The van der Waals surface area contributed by atoms with Crippen LogP contribution in [0.4, 0.5) is 11.6 Å².